The SMILES string of the molecule is CC(=O)O[C@@H]1[C@H](OS(=O)(=O)C(F)(F)F)[C@@H](OC(C)=O)C(O)O[C@H]1C. The van der Waals surface area contributed by atoms with Crippen LogP contribution in [0.1, 0.15) is 20.8 Å². The Hall–Kier alpha value is -1.44. The van der Waals surface area contributed by atoms with Crippen LogP contribution in [0.4, 0.5) is 13.2 Å². The van der Waals surface area contributed by atoms with Gasteiger partial charge >= 0.3 is 27.6 Å². The average Bonchev–Trinajstić information content (AvgIpc) is 2.36. The zero-order valence-electron chi connectivity index (χ0n) is 12.6. The molecule has 0 bridgehead atoms. The molecule has 13 heteroatoms. The Balaban J connectivity index is 3.26. The Bertz CT molecular complexity index is 560. The molecule has 9 nitrogen and oxygen atoms in total. The molecule has 24 heavy (non-hydrogen) atoms. The fourth-order valence-electron chi connectivity index (χ4n) is 1.97. The smallest absolute Gasteiger partial charge is 0.457 e. The molecule has 1 N–H and O–H groups in total. The molecule has 0 amide bonds. The summed E-state index contributed by atoms with van der Waals surface area (Å²) >= 11 is 0. The molecule has 140 valence electrons. The van der Waals surface area contributed by atoms with Crippen molar-refractivity contribution < 1.29 is 54.7 Å². The molecule has 1 unspecified atom stereocenters. The van der Waals surface area contributed by atoms with Gasteiger partial charge in [-0.15, -0.1) is 0 Å². The van der Waals surface area contributed by atoms with Crippen molar-refractivity contribution in [1.82, 2.24) is 0 Å². The Morgan fingerprint density at radius 3 is 1.92 bits per heavy atom. The van der Waals surface area contributed by atoms with Crippen molar-refractivity contribution in [2.24, 2.45) is 0 Å². The fraction of sp³-hybridized carbons (Fsp3) is 0.818. The van der Waals surface area contributed by atoms with E-state index in [1.54, 1.807) is 0 Å². The van der Waals surface area contributed by atoms with E-state index >= 15 is 0 Å². The summed E-state index contributed by atoms with van der Waals surface area (Å²) in [6.45, 7) is 2.96. The lowest BCUT2D eigenvalue weighted by Gasteiger charge is -2.41. The molecule has 0 saturated carbocycles. The van der Waals surface area contributed by atoms with Gasteiger partial charge in [-0.05, 0) is 6.92 Å². The highest BCUT2D eigenvalue weighted by atomic mass is 32.2. The van der Waals surface area contributed by atoms with E-state index in [-0.39, 0.29) is 0 Å². The Morgan fingerprint density at radius 1 is 1.04 bits per heavy atom. The number of halogens is 3. The Morgan fingerprint density at radius 2 is 1.50 bits per heavy atom. The van der Waals surface area contributed by atoms with Crippen LogP contribution in [-0.4, -0.2) is 61.7 Å². The summed E-state index contributed by atoms with van der Waals surface area (Å²) in [6.07, 6.45) is -9.07. The molecule has 0 radical (unpaired) electrons. The van der Waals surface area contributed by atoms with Crippen LogP contribution in [0, 0.1) is 0 Å². The highest BCUT2D eigenvalue weighted by Gasteiger charge is 2.56. The third-order valence-electron chi connectivity index (χ3n) is 2.87. The quantitative estimate of drug-likeness (QED) is 0.402. The lowest BCUT2D eigenvalue weighted by molar-refractivity contribution is -0.281. The molecule has 1 rings (SSSR count). The summed E-state index contributed by atoms with van der Waals surface area (Å²) in [5, 5.41) is 9.71. The van der Waals surface area contributed by atoms with Crippen molar-refractivity contribution >= 4 is 22.1 Å². The minimum Gasteiger partial charge on any atom is -0.457 e. The van der Waals surface area contributed by atoms with Gasteiger partial charge in [0.25, 0.3) is 0 Å². The summed E-state index contributed by atoms with van der Waals surface area (Å²) < 4.78 is 78.3. The molecular formula is C11H15F3O9S. The second kappa shape index (κ2) is 7.21. The van der Waals surface area contributed by atoms with Crippen LogP contribution in [0.25, 0.3) is 0 Å². The lowest BCUT2D eigenvalue weighted by atomic mass is 9.99. The first-order valence-electron chi connectivity index (χ1n) is 6.43. The molecule has 1 aliphatic rings. The molecule has 0 aromatic rings. The van der Waals surface area contributed by atoms with Crippen molar-refractivity contribution in [3.63, 3.8) is 0 Å². The largest absolute Gasteiger partial charge is 0.523 e. The third kappa shape index (κ3) is 4.78. The topological polar surface area (TPSA) is 125 Å². The van der Waals surface area contributed by atoms with Crippen LogP contribution in [0.3, 0.4) is 0 Å². The minimum absolute atomic E-state index is 0.862. The van der Waals surface area contributed by atoms with Gasteiger partial charge in [0, 0.05) is 13.8 Å². The Labute approximate surface area is 134 Å². The molecule has 1 aliphatic heterocycles. The lowest BCUT2D eigenvalue weighted by Crippen LogP contribution is -2.61. The van der Waals surface area contributed by atoms with Gasteiger partial charge in [0.05, 0.1) is 6.10 Å². The number of rotatable bonds is 4. The maximum absolute atomic E-state index is 12.5. The highest BCUT2D eigenvalue weighted by Crippen LogP contribution is 2.33. The van der Waals surface area contributed by atoms with E-state index in [4.69, 9.17) is 9.47 Å². The summed E-state index contributed by atoms with van der Waals surface area (Å²) in [4.78, 5) is 22.2. The van der Waals surface area contributed by atoms with Crippen LogP contribution in [0.15, 0.2) is 0 Å². The van der Waals surface area contributed by atoms with Crippen LogP contribution in [0.5, 0.6) is 0 Å². The zero-order valence-corrected chi connectivity index (χ0v) is 13.5. The summed E-state index contributed by atoms with van der Waals surface area (Å²) in [5.74, 6) is -2.04. The van der Waals surface area contributed by atoms with Gasteiger partial charge < -0.3 is 19.3 Å². The van der Waals surface area contributed by atoms with Gasteiger partial charge in [0.1, 0.15) is 0 Å². The number of aliphatic hydroxyl groups excluding tert-OH is 1. The van der Waals surface area contributed by atoms with E-state index in [2.05, 4.69) is 8.92 Å². The maximum atomic E-state index is 12.5. The van der Waals surface area contributed by atoms with E-state index in [0.29, 0.717) is 0 Å². The first kappa shape index (κ1) is 20.6. The van der Waals surface area contributed by atoms with Crippen LogP contribution in [0.2, 0.25) is 0 Å². The van der Waals surface area contributed by atoms with Gasteiger partial charge in [0.2, 0.25) is 0 Å². The number of alkyl halides is 3. The second-order valence-corrected chi connectivity index (χ2v) is 6.40. The molecule has 0 aromatic heterocycles. The summed E-state index contributed by atoms with van der Waals surface area (Å²) in [5.41, 5.74) is -5.78. The first-order valence-corrected chi connectivity index (χ1v) is 7.84. The van der Waals surface area contributed by atoms with E-state index in [0.717, 1.165) is 13.8 Å². The van der Waals surface area contributed by atoms with Gasteiger partial charge in [-0.25, -0.2) is 0 Å². The van der Waals surface area contributed by atoms with Crippen molar-refractivity contribution in [2.45, 2.75) is 57.0 Å². The second-order valence-electron chi connectivity index (χ2n) is 4.84. The van der Waals surface area contributed by atoms with Crippen molar-refractivity contribution in [3.05, 3.63) is 0 Å². The normalized spacial score (nSPS) is 31.4. The molecule has 1 heterocycles. The van der Waals surface area contributed by atoms with Crippen molar-refractivity contribution in [1.29, 1.82) is 0 Å². The number of esters is 2. The zero-order chi connectivity index (χ0) is 18.9. The van der Waals surface area contributed by atoms with Gasteiger partial charge in [0.15, 0.2) is 24.6 Å². The molecule has 1 saturated heterocycles. The number of ether oxygens (including phenoxy) is 3. The molecule has 0 aromatic carbocycles. The van der Waals surface area contributed by atoms with Crippen molar-refractivity contribution in [2.75, 3.05) is 0 Å². The third-order valence-corrected chi connectivity index (χ3v) is 3.91. The molecular weight excluding hydrogens is 365 g/mol. The number of hydrogen-bond donors (Lipinski definition) is 1. The van der Waals surface area contributed by atoms with Gasteiger partial charge in [-0.3, -0.25) is 13.8 Å². The van der Waals surface area contributed by atoms with Gasteiger partial charge in [-0.2, -0.15) is 21.6 Å². The summed E-state index contributed by atoms with van der Waals surface area (Å²) in [6, 6.07) is 0. The number of hydrogen-bond acceptors (Lipinski definition) is 9. The van der Waals surface area contributed by atoms with Crippen LogP contribution >= 0.6 is 0 Å². The van der Waals surface area contributed by atoms with Crippen LogP contribution in [-0.2, 0) is 38.1 Å². The first-order chi connectivity index (χ1) is 10.8. The molecule has 5 atom stereocenters. The number of carbonyl (C=O) groups excluding carboxylic acids is 2. The maximum Gasteiger partial charge on any atom is 0.523 e. The summed E-state index contributed by atoms with van der Waals surface area (Å²) in [7, 11) is -6.13. The van der Waals surface area contributed by atoms with E-state index in [1.165, 1.54) is 6.92 Å². The Kier molecular flexibility index (Phi) is 6.19. The standard InChI is InChI=1S/C11H15F3O9S/c1-4-7(21-5(2)15)8(23-24(18,19)11(12,13)14)9(10(17)20-4)22-6(3)16/h4,7-10,17H,1-3H3/t4-,7-,8-,9+,10?/m0/s1. The number of carbonyl (C=O) groups is 2. The van der Waals surface area contributed by atoms with Gasteiger partial charge in [-0.1, -0.05) is 0 Å². The van der Waals surface area contributed by atoms with Crippen molar-refractivity contribution in [3.8, 4) is 0 Å². The fourth-order valence-corrected chi connectivity index (χ4v) is 2.59. The average molecular weight is 380 g/mol. The molecule has 1 fully saturated rings. The molecule has 0 aliphatic carbocycles. The predicted octanol–water partition coefficient (Wildman–Crippen LogP) is -0.178. The monoisotopic (exact) mass is 380 g/mol. The van der Waals surface area contributed by atoms with E-state index in [9.17, 15) is 36.3 Å². The van der Waals surface area contributed by atoms with Crippen LogP contribution < -0.4 is 0 Å². The predicted molar refractivity (Wildman–Crippen MR) is 67.5 cm³/mol. The number of aliphatic hydroxyl groups is 1. The highest BCUT2D eigenvalue weighted by molar-refractivity contribution is 7.87. The minimum atomic E-state index is -6.13. The molecule has 0 spiro atoms. The van der Waals surface area contributed by atoms with E-state index in [1.807, 2.05) is 0 Å². The van der Waals surface area contributed by atoms with E-state index < -0.39 is 58.3 Å².